The van der Waals surface area contributed by atoms with Crippen LogP contribution in [0.2, 0.25) is 0 Å². The molecule has 0 rings (SSSR count). The number of phosphoric acid groups is 1. The summed E-state index contributed by atoms with van der Waals surface area (Å²) in [5, 5.41) is 0. The van der Waals surface area contributed by atoms with Gasteiger partial charge in [-0.1, -0.05) is 84.5 Å². The van der Waals surface area contributed by atoms with E-state index in [1.807, 2.05) is 0 Å². The quantitative estimate of drug-likeness (QED) is 0.128. The van der Waals surface area contributed by atoms with Gasteiger partial charge >= 0.3 is 0 Å². The van der Waals surface area contributed by atoms with E-state index in [4.69, 9.17) is 9.05 Å². The Labute approximate surface area is 175 Å². The summed E-state index contributed by atoms with van der Waals surface area (Å²) in [5.41, 5.74) is 0. The predicted octanol–water partition coefficient (Wildman–Crippen LogP) is 6.07. The maximum atomic E-state index is 11.8. The molecular formula is C22H48NO4P. The number of nitrogens with zero attached hydrogens (tertiary/aromatic N) is 1. The van der Waals surface area contributed by atoms with Crippen LogP contribution >= 0.6 is 7.82 Å². The van der Waals surface area contributed by atoms with Crippen molar-refractivity contribution in [2.75, 3.05) is 40.4 Å². The van der Waals surface area contributed by atoms with E-state index in [-0.39, 0.29) is 13.2 Å². The van der Waals surface area contributed by atoms with Gasteiger partial charge in [0.2, 0.25) is 0 Å². The number of likely N-dealkylation sites (N-methyl/N-ethyl adjacent to an activating group) is 1. The van der Waals surface area contributed by atoms with Gasteiger partial charge in [-0.25, -0.2) is 0 Å². The van der Waals surface area contributed by atoms with Gasteiger partial charge in [0.25, 0.3) is 7.82 Å². The van der Waals surface area contributed by atoms with Crippen LogP contribution < -0.4 is 4.89 Å². The summed E-state index contributed by atoms with van der Waals surface area (Å²) < 4.78 is 22.7. The average molecular weight is 422 g/mol. The standard InChI is InChI=1S/C22H48NO4P/c1-5-7-9-11-13-14-15-17-19-23(3,4)20-22-27-28(24,25)26-21-18-16-12-10-8-6-2/h5-22H2,1-4H3. The normalized spacial score (nSPS) is 14.3. The van der Waals surface area contributed by atoms with Gasteiger partial charge in [0.15, 0.2) is 0 Å². The van der Waals surface area contributed by atoms with Crippen molar-refractivity contribution in [1.29, 1.82) is 0 Å². The summed E-state index contributed by atoms with van der Waals surface area (Å²) >= 11 is 0. The number of rotatable bonds is 21. The summed E-state index contributed by atoms with van der Waals surface area (Å²) in [5.74, 6) is 0. The molecule has 0 saturated heterocycles. The van der Waals surface area contributed by atoms with Crippen LogP contribution in [0.3, 0.4) is 0 Å². The highest BCUT2D eigenvalue weighted by Gasteiger charge is 2.17. The molecule has 0 aliphatic carbocycles. The lowest BCUT2D eigenvalue weighted by molar-refractivity contribution is -0.890. The van der Waals surface area contributed by atoms with Crippen molar-refractivity contribution in [2.24, 2.45) is 0 Å². The summed E-state index contributed by atoms with van der Waals surface area (Å²) in [7, 11) is 0.123. The third kappa shape index (κ3) is 19.4. The van der Waals surface area contributed by atoms with Gasteiger partial charge < -0.3 is 18.4 Å². The topological polar surface area (TPSA) is 58.6 Å². The van der Waals surface area contributed by atoms with Crippen molar-refractivity contribution in [3.63, 3.8) is 0 Å². The van der Waals surface area contributed by atoms with Crippen molar-refractivity contribution in [3.05, 3.63) is 0 Å². The molecule has 5 nitrogen and oxygen atoms in total. The summed E-state index contributed by atoms with van der Waals surface area (Å²) in [6.07, 6.45) is 17.1. The maximum Gasteiger partial charge on any atom is 0.268 e. The number of phosphoric ester groups is 1. The van der Waals surface area contributed by atoms with E-state index in [0.29, 0.717) is 6.54 Å². The third-order valence-corrected chi connectivity index (χ3v) is 6.31. The SMILES string of the molecule is CCCCCCCCCC[N+](C)(C)CCOP(=O)([O-])OCCCCCCCC. The van der Waals surface area contributed by atoms with Crippen molar-refractivity contribution in [1.82, 2.24) is 0 Å². The minimum atomic E-state index is -4.15. The second-order valence-electron chi connectivity index (χ2n) is 8.74. The highest BCUT2D eigenvalue weighted by molar-refractivity contribution is 7.45. The smallest absolute Gasteiger partial charge is 0.268 e. The first-order chi connectivity index (χ1) is 13.3. The monoisotopic (exact) mass is 421 g/mol. The molecule has 0 aromatic rings. The highest BCUT2D eigenvalue weighted by Crippen LogP contribution is 2.38. The van der Waals surface area contributed by atoms with Gasteiger partial charge in [-0.15, -0.1) is 0 Å². The fourth-order valence-corrected chi connectivity index (χ4v) is 4.01. The molecule has 0 heterocycles. The molecule has 0 bridgehead atoms. The molecule has 0 aromatic heterocycles. The minimum absolute atomic E-state index is 0.196. The van der Waals surface area contributed by atoms with E-state index in [9.17, 15) is 9.46 Å². The number of hydrogen-bond acceptors (Lipinski definition) is 4. The van der Waals surface area contributed by atoms with Gasteiger partial charge in [-0.2, -0.15) is 0 Å². The molecule has 6 heteroatoms. The molecule has 0 saturated carbocycles. The number of quaternary nitrogens is 1. The number of unbranched alkanes of at least 4 members (excludes halogenated alkanes) is 12. The van der Waals surface area contributed by atoms with E-state index >= 15 is 0 Å². The lowest BCUT2D eigenvalue weighted by Crippen LogP contribution is -2.43. The summed E-state index contributed by atoms with van der Waals surface area (Å²) in [6, 6.07) is 0. The Balaban J connectivity index is 3.68. The Morgan fingerprint density at radius 1 is 0.643 bits per heavy atom. The van der Waals surface area contributed by atoms with Gasteiger partial charge in [0.1, 0.15) is 13.2 Å². The minimum Gasteiger partial charge on any atom is -0.756 e. The third-order valence-electron chi connectivity index (χ3n) is 5.31. The molecule has 0 amide bonds. The van der Waals surface area contributed by atoms with Crippen LogP contribution in [0.15, 0.2) is 0 Å². The molecule has 1 atom stereocenters. The second kappa shape index (κ2) is 17.9. The fourth-order valence-electron chi connectivity index (χ4n) is 3.28. The summed E-state index contributed by atoms with van der Waals surface area (Å²) in [4.78, 5) is 11.8. The molecule has 0 aliphatic rings. The molecule has 0 N–H and O–H groups in total. The lowest BCUT2D eigenvalue weighted by Gasteiger charge is -2.31. The number of hydrogen-bond donors (Lipinski definition) is 0. The van der Waals surface area contributed by atoms with Crippen LogP contribution in [0.1, 0.15) is 104 Å². The van der Waals surface area contributed by atoms with Crippen LogP contribution in [-0.4, -0.2) is 44.9 Å². The van der Waals surface area contributed by atoms with Crippen molar-refractivity contribution < 1.29 is 23.0 Å². The molecule has 28 heavy (non-hydrogen) atoms. The average Bonchev–Trinajstić information content (AvgIpc) is 2.62. The van der Waals surface area contributed by atoms with Crippen LogP contribution in [0.5, 0.6) is 0 Å². The fraction of sp³-hybridized carbons (Fsp3) is 1.00. The zero-order chi connectivity index (χ0) is 21.1. The molecule has 0 radical (unpaired) electrons. The first-order valence-corrected chi connectivity index (χ1v) is 13.2. The highest BCUT2D eigenvalue weighted by atomic mass is 31.2. The van der Waals surface area contributed by atoms with Gasteiger partial charge in [0, 0.05) is 0 Å². The van der Waals surface area contributed by atoms with Crippen LogP contribution in [-0.2, 0) is 13.6 Å². The van der Waals surface area contributed by atoms with E-state index in [2.05, 4.69) is 27.9 Å². The van der Waals surface area contributed by atoms with Crippen molar-refractivity contribution >= 4 is 7.82 Å². The van der Waals surface area contributed by atoms with Gasteiger partial charge in [0.05, 0.1) is 27.2 Å². The second-order valence-corrected chi connectivity index (χ2v) is 10.2. The Kier molecular flexibility index (Phi) is 17.9. The Morgan fingerprint density at radius 2 is 1.07 bits per heavy atom. The van der Waals surface area contributed by atoms with Gasteiger partial charge in [-0.3, -0.25) is 4.57 Å². The van der Waals surface area contributed by atoms with E-state index in [1.54, 1.807) is 0 Å². The van der Waals surface area contributed by atoms with Gasteiger partial charge in [-0.05, 0) is 19.3 Å². The molecule has 0 spiro atoms. The molecule has 0 aromatic carbocycles. The molecular weight excluding hydrogens is 373 g/mol. The molecule has 0 fully saturated rings. The first-order valence-electron chi connectivity index (χ1n) is 11.7. The lowest BCUT2D eigenvalue weighted by atomic mass is 10.1. The Bertz CT molecular complexity index is 391. The summed E-state index contributed by atoms with van der Waals surface area (Å²) in [6.45, 7) is 6.61. The first kappa shape index (κ1) is 28.1. The van der Waals surface area contributed by atoms with Crippen LogP contribution in [0.4, 0.5) is 0 Å². The largest absolute Gasteiger partial charge is 0.756 e. The molecule has 1 unspecified atom stereocenters. The molecule has 170 valence electrons. The zero-order valence-corrected chi connectivity index (χ0v) is 20.1. The van der Waals surface area contributed by atoms with E-state index in [0.717, 1.165) is 30.3 Å². The Hall–Kier alpha value is 0.0700. The Morgan fingerprint density at radius 3 is 1.61 bits per heavy atom. The maximum absolute atomic E-state index is 11.8. The molecule has 0 aliphatic heterocycles. The van der Waals surface area contributed by atoms with Crippen molar-refractivity contribution in [3.8, 4) is 0 Å². The van der Waals surface area contributed by atoms with E-state index in [1.165, 1.54) is 70.6 Å². The van der Waals surface area contributed by atoms with E-state index < -0.39 is 7.82 Å². The van der Waals surface area contributed by atoms with Crippen molar-refractivity contribution in [2.45, 2.75) is 104 Å². The zero-order valence-electron chi connectivity index (χ0n) is 19.3. The van der Waals surface area contributed by atoms with Crippen LogP contribution in [0.25, 0.3) is 0 Å². The predicted molar refractivity (Wildman–Crippen MR) is 117 cm³/mol. The van der Waals surface area contributed by atoms with Crippen LogP contribution in [0, 0.1) is 0 Å².